The second-order valence-electron chi connectivity index (χ2n) is 5.83. The van der Waals surface area contributed by atoms with Crippen molar-refractivity contribution in [2.45, 2.75) is 23.8 Å². The van der Waals surface area contributed by atoms with Crippen molar-refractivity contribution in [2.24, 2.45) is 0 Å². The molecule has 124 valence electrons. The molecule has 0 radical (unpaired) electrons. The van der Waals surface area contributed by atoms with Crippen molar-refractivity contribution in [3.63, 3.8) is 0 Å². The SMILES string of the molecule is N#C[C@H]1[C@@H](c2ccccc2)[C@@H](CO)N1S(=O)(=O)Cc1ccccc1. The molecule has 24 heavy (non-hydrogen) atoms. The average molecular weight is 342 g/mol. The fourth-order valence-corrected chi connectivity index (χ4v) is 5.18. The maximum absolute atomic E-state index is 12.8. The number of benzene rings is 2. The van der Waals surface area contributed by atoms with Gasteiger partial charge in [-0.15, -0.1) is 0 Å². The van der Waals surface area contributed by atoms with Crippen LogP contribution in [0, 0.1) is 11.3 Å². The van der Waals surface area contributed by atoms with Crippen LogP contribution in [-0.4, -0.2) is 36.5 Å². The van der Waals surface area contributed by atoms with Crippen molar-refractivity contribution in [2.75, 3.05) is 6.61 Å². The summed E-state index contributed by atoms with van der Waals surface area (Å²) in [7, 11) is -3.69. The molecular weight excluding hydrogens is 324 g/mol. The first-order valence-corrected chi connectivity index (χ1v) is 9.30. The molecule has 2 aromatic rings. The fourth-order valence-electron chi connectivity index (χ4n) is 3.28. The predicted octanol–water partition coefficient (Wildman–Crippen LogP) is 1.87. The molecule has 0 unspecified atom stereocenters. The van der Waals surface area contributed by atoms with Crippen LogP contribution in [0.2, 0.25) is 0 Å². The van der Waals surface area contributed by atoms with Crippen LogP contribution in [0.4, 0.5) is 0 Å². The van der Waals surface area contributed by atoms with Gasteiger partial charge in [-0.3, -0.25) is 0 Å². The van der Waals surface area contributed by atoms with E-state index in [1.54, 1.807) is 24.3 Å². The third-order valence-corrected chi connectivity index (χ3v) is 6.21. The zero-order chi connectivity index (χ0) is 17.2. The van der Waals surface area contributed by atoms with Crippen LogP contribution in [0.3, 0.4) is 0 Å². The first-order valence-electron chi connectivity index (χ1n) is 7.69. The Hall–Kier alpha value is -2.20. The summed E-state index contributed by atoms with van der Waals surface area (Å²) in [6, 6.07) is 18.8. The van der Waals surface area contributed by atoms with E-state index in [0.29, 0.717) is 5.56 Å². The minimum Gasteiger partial charge on any atom is -0.395 e. The van der Waals surface area contributed by atoms with Gasteiger partial charge < -0.3 is 5.11 Å². The molecule has 3 rings (SSSR count). The number of hydrogen-bond donors (Lipinski definition) is 1. The largest absolute Gasteiger partial charge is 0.395 e. The fraction of sp³-hybridized carbons (Fsp3) is 0.278. The molecule has 1 heterocycles. The van der Waals surface area contributed by atoms with Gasteiger partial charge in [-0.25, -0.2) is 8.42 Å². The smallest absolute Gasteiger partial charge is 0.219 e. The molecule has 1 aliphatic heterocycles. The standard InChI is InChI=1S/C18H18N2O3S/c19-11-16-18(15-9-5-2-6-10-15)17(12-21)20(16)24(22,23)13-14-7-3-1-4-8-14/h1-10,16-18,21H,12-13H2/t16-,17+,18+/m0/s1. The molecule has 0 amide bonds. The van der Waals surface area contributed by atoms with Crippen LogP contribution in [0.5, 0.6) is 0 Å². The van der Waals surface area contributed by atoms with Crippen molar-refractivity contribution in [3.05, 3.63) is 71.8 Å². The number of aliphatic hydroxyl groups is 1. The van der Waals surface area contributed by atoms with E-state index in [2.05, 4.69) is 6.07 Å². The van der Waals surface area contributed by atoms with Crippen LogP contribution < -0.4 is 0 Å². The number of nitriles is 1. The van der Waals surface area contributed by atoms with Gasteiger partial charge in [-0.2, -0.15) is 9.57 Å². The zero-order valence-electron chi connectivity index (χ0n) is 13.0. The van der Waals surface area contributed by atoms with Crippen LogP contribution in [0.25, 0.3) is 0 Å². The Kier molecular flexibility index (Phi) is 4.67. The van der Waals surface area contributed by atoms with Crippen LogP contribution in [0.1, 0.15) is 17.0 Å². The maximum atomic E-state index is 12.8. The predicted molar refractivity (Wildman–Crippen MR) is 90.4 cm³/mol. The molecule has 6 heteroatoms. The lowest BCUT2D eigenvalue weighted by Gasteiger charge is -2.50. The van der Waals surface area contributed by atoms with Gasteiger partial charge in [0.15, 0.2) is 0 Å². The Balaban J connectivity index is 1.89. The highest BCUT2D eigenvalue weighted by atomic mass is 32.2. The summed E-state index contributed by atoms with van der Waals surface area (Å²) in [6.45, 7) is -0.314. The summed E-state index contributed by atoms with van der Waals surface area (Å²) in [5, 5.41) is 19.2. The molecule has 3 atom stereocenters. The molecular formula is C18H18N2O3S. The Morgan fingerprint density at radius 3 is 2.17 bits per heavy atom. The molecule has 0 saturated carbocycles. The second-order valence-corrected chi connectivity index (χ2v) is 7.71. The highest BCUT2D eigenvalue weighted by Crippen LogP contribution is 2.42. The molecule has 5 nitrogen and oxygen atoms in total. The van der Waals surface area contributed by atoms with Gasteiger partial charge in [0.1, 0.15) is 6.04 Å². The van der Waals surface area contributed by atoms with E-state index in [9.17, 15) is 18.8 Å². The summed E-state index contributed by atoms with van der Waals surface area (Å²) in [6.07, 6.45) is 0. The third kappa shape index (κ3) is 2.94. The van der Waals surface area contributed by atoms with E-state index >= 15 is 0 Å². The van der Waals surface area contributed by atoms with Crippen molar-refractivity contribution in [1.82, 2.24) is 4.31 Å². The Morgan fingerprint density at radius 1 is 1.04 bits per heavy atom. The Bertz CT molecular complexity index is 832. The van der Waals surface area contributed by atoms with Gasteiger partial charge in [0.25, 0.3) is 0 Å². The average Bonchev–Trinajstić information content (AvgIpc) is 2.56. The molecule has 1 N–H and O–H groups in total. The lowest BCUT2D eigenvalue weighted by atomic mass is 9.78. The van der Waals surface area contributed by atoms with E-state index in [0.717, 1.165) is 9.87 Å². The van der Waals surface area contributed by atoms with Crippen molar-refractivity contribution in [1.29, 1.82) is 5.26 Å². The van der Waals surface area contributed by atoms with Crippen molar-refractivity contribution < 1.29 is 13.5 Å². The monoisotopic (exact) mass is 342 g/mol. The van der Waals surface area contributed by atoms with Crippen LogP contribution in [-0.2, 0) is 15.8 Å². The summed E-state index contributed by atoms with van der Waals surface area (Å²) < 4.78 is 26.7. The molecule has 0 bridgehead atoms. The van der Waals surface area contributed by atoms with Gasteiger partial charge in [-0.1, -0.05) is 60.7 Å². The number of nitrogens with zero attached hydrogens (tertiary/aromatic N) is 2. The lowest BCUT2D eigenvalue weighted by Crippen LogP contribution is -2.65. The molecule has 1 saturated heterocycles. The molecule has 1 fully saturated rings. The van der Waals surface area contributed by atoms with E-state index in [-0.39, 0.29) is 18.3 Å². The number of sulfonamides is 1. The summed E-state index contributed by atoms with van der Waals surface area (Å²) >= 11 is 0. The molecule has 0 aliphatic carbocycles. The number of rotatable bonds is 5. The molecule has 0 aromatic heterocycles. The topological polar surface area (TPSA) is 81.4 Å². The highest BCUT2D eigenvalue weighted by molar-refractivity contribution is 7.88. The highest BCUT2D eigenvalue weighted by Gasteiger charge is 2.54. The van der Waals surface area contributed by atoms with Crippen LogP contribution in [0.15, 0.2) is 60.7 Å². The Morgan fingerprint density at radius 2 is 1.62 bits per heavy atom. The van der Waals surface area contributed by atoms with Crippen molar-refractivity contribution >= 4 is 10.0 Å². The van der Waals surface area contributed by atoms with Gasteiger partial charge in [0, 0.05) is 5.92 Å². The zero-order valence-corrected chi connectivity index (χ0v) is 13.8. The van der Waals surface area contributed by atoms with Crippen LogP contribution >= 0.6 is 0 Å². The maximum Gasteiger partial charge on any atom is 0.219 e. The normalized spacial score (nSPS) is 24.1. The lowest BCUT2D eigenvalue weighted by molar-refractivity contribution is 0.0555. The molecule has 0 spiro atoms. The molecule has 1 aliphatic rings. The summed E-state index contributed by atoms with van der Waals surface area (Å²) in [5.41, 5.74) is 1.53. The second kappa shape index (κ2) is 6.73. The van der Waals surface area contributed by atoms with Gasteiger partial charge in [0.2, 0.25) is 10.0 Å². The number of hydrogen-bond acceptors (Lipinski definition) is 4. The van der Waals surface area contributed by atoms with E-state index in [4.69, 9.17) is 0 Å². The first-order chi connectivity index (χ1) is 11.6. The molecule has 2 aromatic carbocycles. The number of aliphatic hydroxyl groups excluding tert-OH is 1. The summed E-state index contributed by atoms with van der Waals surface area (Å²) in [4.78, 5) is 0. The van der Waals surface area contributed by atoms with Gasteiger partial charge >= 0.3 is 0 Å². The minimum absolute atomic E-state index is 0.177. The first kappa shape index (κ1) is 16.7. The summed E-state index contributed by atoms with van der Waals surface area (Å²) in [5.74, 6) is -0.490. The quantitative estimate of drug-likeness (QED) is 0.899. The van der Waals surface area contributed by atoms with Gasteiger partial charge in [-0.05, 0) is 11.1 Å². The van der Waals surface area contributed by atoms with E-state index in [1.807, 2.05) is 36.4 Å². The van der Waals surface area contributed by atoms with E-state index < -0.39 is 22.1 Å². The third-order valence-electron chi connectivity index (χ3n) is 4.37. The minimum atomic E-state index is -3.69. The Labute approximate surface area is 141 Å². The van der Waals surface area contributed by atoms with E-state index in [1.165, 1.54) is 0 Å². The van der Waals surface area contributed by atoms with Crippen molar-refractivity contribution in [3.8, 4) is 6.07 Å². The van der Waals surface area contributed by atoms with Gasteiger partial charge in [0.05, 0.1) is 24.5 Å².